The van der Waals surface area contributed by atoms with Crippen molar-refractivity contribution < 1.29 is 24.5 Å². The number of phenolic OH excluding ortho intramolecular Hbond substituents is 1. The quantitative estimate of drug-likeness (QED) is 0.696. The van der Waals surface area contributed by atoms with Crippen LogP contribution in [0.1, 0.15) is 17.3 Å². The zero-order chi connectivity index (χ0) is 17.9. The minimum atomic E-state index is -1.18. The van der Waals surface area contributed by atoms with Crippen molar-refractivity contribution in [3.05, 3.63) is 52.0 Å². The van der Waals surface area contributed by atoms with Gasteiger partial charge in [0, 0.05) is 5.02 Å². The number of nitrogens with one attached hydrogen (secondary N) is 1. The number of phenols is 1. The Bertz CT molecular complexity index is 794. The molecule has 24 heavy (non-hydrogen) atoms. The van der Waals surface area contributed by atoms with Crippen molar-refractivity contribution >= 4 is 40.8 Å². The lowest BCUT2D eigenvalue weighted by molar-refractivity contribution is -0.122. The minimum absolute atomic E-state index is 0.0300. The zero-order valence-corrected chi connectivity index (χ0v) is 13.9. The Labute approximate surface area is 147 Å². The fourth-order valence-corrected chi connectivity index (χ4v) is 2.27. The number of aromatic hydroxyl groups is 1. The third kappa shape index (κ3) is 4.31. The van der Waals surface area contributed by atoms with Gasteiger partial charge in [0.2, 0.25) is 0 Å². The van der Waals surface area contributed by atoms with Crippen LogP contribution in [0.5, 0.6) is 11.5 Å². The van der Waals surface area contributed by atoms with E-state index in [0.29, 0.717) is 5.02 Å². The highest BCUT2D eigenvalue weighted by Gasteiger charge is 2.18. The number of carboxylic acids is 1. The van der Waals surface area contributed by atoms with Crippen LogP contribution >= 0.6 is 23.2 Å². The van der Waals surface area contributed by atoms with Crippen LogP contribution in [-0.2, 0) is 4.79 Å². The summed E-state index contributed by atoms with van der Waals surface area (Å²) in [4.78, 5) is 23.1. The van der Waals surface area contributed by atoms with E-state index in [1.807, 2.05) is 0 Å². The van der Waals surface area contributed by atoms with Crippen LogP contribution in [0.3, 0.4) is 0 Å². The monoisotopic (exact) mass is 369 g/mol. The second kappa shape index (κ2) is 7.42. The van der Waals surface area contributed by atoms with E-state index in [1.165, 1.54) is 31.2 Å². The summed E-state index contributed by atoms with van der Waals surface area (Å²) >= 11 is 11.8. The first-order chi connectivity index (χ1) is 11.3. The predicted molar refractivity (Wildman–Crippen MR) is 90.2 cm³/mol. The van der Waals surface area contributed by atoms with Crippen molar-refractivity contribution in [2.45, 2.75) is 13.0 Å². The molecule has 0 spiro atoms. The third-order valence-electron chi connectivity index (χ3n) is 3.07. The largest absolute Gasteiger partial charge is 0.506 e. The van der Waals surface area contributed by atoms with Gasteiger partial charge in [-0.05, 0) is 43.3 Å². The Morgan fingerprint density at radius 2 is 1.88 bits per heavy atom. The number of hydrogen-bond acceptors (Lipinski definition) is 4. The van der Waals surface area contributed by atoms with Crippen LogP contribution in [0.4, 0.5) is 5.69 Å². The second-order valence-electron chi connectivity index (χ2n) is 4.86. The molecule has 2 aromatic rings. The van der Waals surface area contributed by atoms with E-state index >= 15 is 0 Å². The molecule has 0 aliphatic heterocycles. The van der Waals surface area contributed by atoms with Gasteiger partial charge in [-0.2, -0.15) is 0 Å². The fourth-order valence-electron chi connectivity index (χ4n) is 1.82. The standard InChI is InChI=1S/C16H13Cl2NO5/c1-8(24-14-5-3-10(17)7-11(14)18)15(21)19-12-6-9(16(22)23)2-4-13(12)20/h2-8,20H,1H3,(H,19,21)(H,22,23). The lowest BCUT2D eigenvalue weighted by Crippen LogP contribution is -2.30. The molecule has 2 rings (SSSR count). The van der Waals surface area contributed by atoms with Crippen molar-refractivity contribution in [1.29, 1.82) is 0 Å². The van der Waals surface area contributed by atoms with Crippen molar-refractivity contribution in [1.82, 2.24) is 0 Å². The Balaban J connectivity index is 2.11. The average Bonchev–Trinajstić information content (AvgIpc) is 2.51. The van der Waals surface area contributed by atoms with Gasteiger partial charge < -0.3 is 20.3 Å². The number of carboxylic acid groups (broad SMARTS) is 1. The number of hydrogen-bond donors (Lipinski definition) is 3. The first kappa shape index (κ1) is 17.9. The van der Waals surface area contributed by atoms with Gasteiger partial charge in [0.25, 0.3) is 5.91 Å². The SMILES string of the molecule is CC(Oc1ccc(Cl)cc1Cl)C(=O)Nc1cc(C(=O)O)ccc1O. The van der Waals surface area contributed by atoms with Gasteiger partial charge in [0.1, 0.15) is 11.5 Å². The van der Waals surface area contributed by atoms with E-state index in [-0.39, 0.29) is 27.8 Å². The van der Waals surface area contributed by atoms with Crippen LogP contribution in [0.15, 0.2) is 36.4 Å². The van der Waals surface area contributed by atoms with E-state index in [2.05, 4.69) is 5.32 Å². The van der Waals surface area contributed by atoms with E-state index in [1.54, 1.807) is 6.07 Å². The highest BCUT2D eigenvalue weighted by molar-refractivity contribution is 6.35. The average molecular weight is 370 g/mol. The molecular formula is C16H13Cl2NO5. The normalized spacial score (nSPS) is 11.6. The van der Waals surface area contributed by atoms with E-state index in [4.69, 9.17) is 33.0 Å². The molecule has 1 unspecified atom stereocenters. The predicted octanol–water partition coefficient (Wildman–Crippen LogP) is 3.80. The minimum Gasteiger partial charge on any atom is -0.506 e. The number of carbonyl (C=O) groups excluding carboxylic acids is 1. The number of ether oxygens (including phenoxy) is 1. The molecule has 3 N–H and O–H groups in total. The van der Waals surface area contributed by atoms with E-state index < -0.39 is 18.0 Å². The van der Waals surface area contributed by atoms with Gasteiger partial charge in [0.05, 0.1) is 16.3 Å². The molecule has 0 saturated heterocycles. The Morgan fingerprint density at radius 1 is 1.17 bits per heavy atom. The number of carbonyl (C=O) groups is 2. The zero-order valence-electron chi connectivity index (χ0n) is 12.4. The maximum atomic E-state index is 12.2. The number of anilines is 1. The number of halogens is 2. The summed E-state index contributed by atoms with van der Waals surface area (Å²) in [7, 11) is 0. The molecule has 1 atom stereocenters. The van der Waals surface area contributed by atoms with Crippen molar-refractivity contribution in [3.8, 4) is 11.5 Å². The summed E-state index contributed by atoms with van der Waals surface area (Å²) in [6.45, 7) is 1.48. The molecule has 2 aromatic carbocycles. The first-order valence-corrected chi connectivity index (χ1v) is 7.52. The number of aromatic carboxylic acids is 1. The molecule has 1 amide bonds. The summed E-state index contributed by atoms with van der Waals surface area (Å²) in [5.41, 5.74) is -0.102. The lowest BCUT2D eigenvalue weighted by atomic mass is 10.2. The summed E-state index contributed by atoms with van der Waals surface area (Å²) in [5.74, 6) is -1.75. The van der Waals surface area contributed by atoms with Gasteiger partial charge in [-0.3, -0.25) is 4.79 Å². The molecule has 0 saturated carbocycles. The summed E-state index contributed by atoms with van der Waals surface area (Å²) in [6.07, 6.45) is -0.948. The van der Waals surface area contributed by atoms with Crippen LogP contribution in [0, 0.1) is 0 Å². The van der Waals surface area contributed by atoms with E-state index in [0.717, 1.165) is 6.07 Å². The summed E-state index contributed by atoms with van der Waals surface area (Å²) < 4.78 is 5.45. The molecule has 0 aromatic heterocycles. The number of amides is 1. The molecule has 126 valence electrons. The highest BCUT2D eigenvalue weighted by Crippen LogP contribution is 2.29. The second-order valence-corrected chi connectivity index (χ2v) is 5.70. The molecule has 0 bridgehead atoms. The maximum Gasteiger partial charge on any atom is 0.335 e. The molecular weight excluding hydrogens is 357 g/mol. The third-order valence-corrected chi connectivity index (χ3v) is 3.60. The lowest BCUT2D eigenvalue weighted by Gasteiger charge is -2.16. The molecule has 0 aliphatic rings. The smallest absolute Gasteiger partial charge is 0.335 e. The maximum absolute atomic E-state index is 12.2. The highest BCUT2D eigenvalue weighted by atomic mass is 35.5. The molecule has 0 heterocycles. The van der Waals surface area contributed by atoms with Crippen molar-refractivity contribution in [2.24, 2.45) is 0 Å². The van der Waals surface area contributed by atoms with Crippen molar-refractivity contribution in [3.63, 3.8) is 0 Å². The molecule has 0 aliphatic carbocycles. The summed E-state index contributed by atoms with van der Waals surface area (Å²) in [6, 6.07) is 8.12. The van der Waals surface area contributed by atoms with Gasteiger partial charge in [0.15, 0.2) is 6.10 Å². The fraction of sp³-hybridized carbons (Fsp3) is 0.125. The van der Waals surface area contributed by atoms with Crippen LogP contribution in [-0.4, -0.2) is 28.2 Å². The van der Waals surface area contributed by atoms with E-state index in [9.17, 15) is 14.7 Å². The number of benzene rings is 2. The first-order valence-electron chi connectivity index (χ1n) is 6.77. The van der Waals surface area contributed by atoms with Crippen LogP contribution < -0.4 is 10.1 Å². The van der Waals surface area contributed by atoms with Crippen molar-refractivity contribution in [2.75, 3.05) is 5.32 Å². The molecule has 0 fully saturated rings. The Kier molecular flexibility index (Phi) is 5.54. The number of rotatable bonds is 5. The van der Waals surface area contributed by atoms with Gasteiger partial charge in [-0.1, -0.05) is 23.2 Å². The molecule has 0 radical (unpaired) electrons. The van der Waals surface area contributed by atoms with Crippen LogP contribution in [0.25, 0.3) is 0 Å². The van der Waals surface area contributed by atoms with Gasteiger partial charge >= 0.3 is 5.97 Å². The topological polar surface area (TPSA) is 95.9 Å². The van der Waals surface area contributed by atoms with Crippen LogP contribution in [0.2, 0.25) is 10.0 Å². The molecule has 8 heteroatoms. The van der Waals surface area contributed by atoms with Gasteiger partial charge in [-0.25, -0.2) is 4.79 Å². The Morgan fingerprint density at radius 3 is 2.50 bits per heavy atom. The Hall–Kier alpha value is -2.44. The van der Waals surface area contributed by atoms with Gasteiger partial charge in [-0.15, -0.1) is 0 Å². The molecule has 6 nitrogen and oxygen atoms in total. The summed E-state index contributed by atoms with van der Waals surface area (Å²) in [5, 5.41) is 21.8.